The SMILES string of the molecule is Cc1cc(N2CCC3(CC2)CN(Cc2cnn(C)c2C)CCO3)cc(C)n1. The van der Waals surface area contributed by atoms with Gasteiger partial charge in [0.05, 0.1) is 18.4 Å². The summed E-state index contributed by atoms with van der Waals surface area (Å²) in [6.45, 7) is 12.2. The molecule has 0 radical (unpaired) electrons. The Balaban J connectivity index is 1.40. The Morgan fingerprint density at radius 2 is 1.78 bits per heavy atom. The van der Waals surface area contributed by atoms with E-state index < -0.39 is 0 Å². The summed E-state index contributed by atoms with van der Waals surface area (Å²) in [6, 6.07) is 4.40. The summed E-state index contributed by atoms with van der Waals surface area (Å²) in [5, 5.41) is 4.39. The van der Waals surface area contributed by atoms with Gasteiger partial charge in [-0.25, -0.2) is 0 Å². The summed E-state index contributed by atoms with van der Waals surface area (Å²) >= 11 is 0. The van der Waals surface area contributed by atoms with Gasteiger partial charge in [-0.1, -0.05) is 0 Å². The van der Waals surface area contributed by atoms with Crippen LogP contribution >= 0.6 is 0 Å². The average Bonchev–Trinajstić information content (AvgIpc) is 2.94. The average molecular weight is 370 g/mol. The van der Waals surface area contributed by atoms with E-state index in [-0.39, 0.29) is 5.60 Å². The van der Waals surface area contributed by atoms with Gasteiger partial charge in [-0.3, -0.25) is 14.6 Å². The maximum atomic E-state index is 6.34. The Kier molecular flexibility index (Phi) is 4.95. The van der Waals surface area contributed by atoms with E-state index in [1.54, 1.807) is 0 Å². The fraction of sp³-hybridized carbons (Fsp3) is 0.619. The molecule has 0 amide bonds. The van der Waals surface area contributed by atoms with Gasteiger partial charge in [0.25, 0.3) is 0 Å². The molecule has 0 saturated carbocycles. The normalized spacial score (nSPS) is 20.4. The maximum absolute atomic E-state index is 6.34. The molecule has 4 heterocycles. The van der Waals surface area contributed by atoms with Crippen LogP contribution in [-0.2, 0) is 18.3 Å². The van der Waals surface area contributed by atoms with Crippen LogP contribution in [-0.4, -0.2) is 58.1 Å². The second-order valence-electron chi connectivity index (χ2n) is 8.22. The van der Waals surface area contributed by atoms with Gasteiger partial charge < -0.3 is 9.64 Å². The minimum atomic E-state index is 0.00197. The zero-order valence-corrected chi connectivity index (χ0v) is 17.0. The van der Waals surface area contributed by atoms with Crippen LogP contribution in [0.5, 0.6) is 0 Å². The molecule has 6 heteroatoms. The van der Waals surface area contributed by atoms with Crippen LogP contribution in [0.25, 0.3) is 0 Å². The molecule has 2 aliphatic rings. The Morgan fingerprint density at radius 3 is 2.41 bits per heavy atom. The zero-order valence-electron chi connectivity index (χ0n) is 17.0. The smallest absolute Gasteiger partial charge is 0.0843 e. The van der Waals surface area contributed by atoms with Crippen molar-refractivity contribution >= 4 is 5.69 Å². The second-order valence-corrected chi connectivity index (χ2v) is 8.22. The van der Waals surface area contributed by atoms with Crippen LogP contribution in [0.15, 0.2) is 18.3 Å². The molecule has 0 N–H and O–H groups in total. The number of rotatable bonds is 3. The number of pyridine rings is 1. The lowest BCUT2D eigenvalue weighted by Crippen LogP contribution is -2.56. The molecule has 2 aromatic rings. The number of nitrogens with zero attached hydrogens (tertiary/aromatic N) is 5. The van der Waals surface area contributed by atoms with Crippen molar-refractivity contribution in [1.82, 2.24) is 19.7 Å². The minimum absolute atomic E-state index is 0.00197. The highest BCUT2D eigenvalue weighted by molar-refractivity contribution is 5.48. The third kappa shape index (κ3) is 3.87. The highest BCUT2D eigenvalue weighted by atomic mass is 16.5. The molecular formula is C21H31N5O. The molecule has 2 aromatic heterocycles. The maximum Gasteiger partial charge on any atom is 0.0843 e. The van der Waals surface area contributed by atoms with Crippen molar-refractivity contribution in [2.45, 2.75) is 45.8 Å². The van der Waals surface area contributed by atoms with Crippen LogP contribution in [0.1, 0.15) is 35.5 Å². The van der Waals surface area contributed by atoms with E-state index in [9.17, 15) is 0 Å². The minimum Gasteiger partial charge on any atom is -0.372 e. The van der Waals surface area contributed by atoms with Gasteiger partial charge in [-0.2, -0.15) is 5.10 Å². The van der Waals surface area contributed by atoms with Crippen LogP contribution in [0.4, 0.5) is 5.69 Å². The van der Waals surface area contributed by atoms with Gasteiger partial charge >= 0.3 is 0 Å². The third-order valence-electron chi connectivity index (χ3n) is 6.16. The van der Waals surface area contributed by atoms with E-state index in [0.29, 0.717) is 0 Å². The standard InChI is InChI=1S/C21H31N5O/c1-16-11-20(12-17(2)23-16)26-7-5-21(6-8-26)15-25(9-10-27-21)14-19-13-22-24(4)18(19)3/h11-13H,5-10,14-15H2,1-4H3. The largest absolute Gasteiger partial charge is 0.372 e. The number of anilines is 1. The number of ether oxygens (including phenoxy) is 1. The number of piperidine rings is 1. The molecule has 0 unspecified atom stereocenters. The highest BCUT2D eigenvalue weighted by Gasteiger charge is 2.39. The van der Waals surface area contributed by atoms with Gasteiger partial charge in [0.1, 0.15) is 0 Å². The molecule has 0 atom stereocenters. The van der Waals surface area contributed by atoms with Crippen molar-refractivity contribution in [1.29, 1.82) is 0 Å². The summed E-state index contributed by atoms with van der Waals surface area (Å²) in [6.07, 6.45) is 4.17. The molecule has 27 heavy (non-hydrogen) atoms. The Morgan fingerprint density at radius 1 is 1.07 bits per heavy atom. The van der Waals surface area contributed by atoms with E-state index in [1.165, 1.54) is 16.9 Å². The van der Waals surface area contributed by atoms with Crippen molar-refractivity contribution in [3.8, 4) is 0 Å². The van der Waals surface area contributed by atoms with Crippen molar-refractivity contribution in [3.63, 3.8) is 0 Å². The van der Waals surface area contributed by atoms with Crippen LogP contribution in [0, 0.1) is 20.8 Å². The summed E-state index contributed by atoms with van der Waals surface area (Å²) in [5.74, 6) is 0. The van der Waals surface area contributed by atoms with Crippen LogP contribution < -0.4 is 4.90 Å². The van der Waals surface area contributed by atoms with E-state index >= 15 is 0 Å². The van der Waals surface area contributed by atoms with Crippen molar-refractivity contribution in [2.24, 2.45) is 7.05 Å². The van der Waals surface area contributed by atoms with E-state index in [0.717, 1.165) is 63.6 Å². The van der Waals surface area contributed by atoms with Gasteiger partial charge in [0, 0.05) is 68.1 Å². The highest BCUT2D eigenvalue weighted by Crippen LogP contribution is 2.33. The first-order valence-corrected chi connectivity index (χ1v) is 9.98. The lowest BCUT2D eigenvalue weighted by molar-refractivity contribution is -0.122. The van der Waals surface area contributed by atoms with Crippen LogP contribution in [0.3, 0.4) is 0 Å². The van der Waals surface area contributed by atoms with Gasteiger partial charge in [-0.15, -0.1) is 0 Å². The second kappa shape index (κ2) is 7.24. The van der Waals surface area contributed by atoms with Gasteiger partial charge in [0.2, 0.25) is 0 Å². The molecule has 0 aromatic carbocycles. The Labute approximate surface area is 162 Å². The Hall–Kier alpha value is -1.92. The number of hydrogen-bond donors (Lipinski definition) is 0. The first kappa shape index (κ1) is 18.4. The summed E-state index contributed by atoms with van der Waals surface area (Å²) < 4.78 is 8.30. The van der Waals surface area contributed by atoms with E-state index in [2.05, 4.69) is 52.8 Å². The molecule has 2 saturated heterocycles. The number of aryl methyl sites for hydroxylation is 3. The topological polar surface area (TPSA) is 46.4 Å². The molecule has 4 rings (SSSR count). The van der Waals surface area contributed by atoms with E-state index in [1.807, 2.05) is 17.9 Å². The zero-order chi connectivity index (χ0) is 19.0. The van der Waals surface area contributed by atoms with Crippen molar-refractivity contribution in [3.05, 3.63) is 41.0 Å². The molecular weight excluding hydrogens is 338 g/mol. The summed E-state index contributed by atoms with van der Waals surface area (Å²) in [4.78, 5) is 9.54. The first-order chi connectivity index (χ1) is 12.9. The lowest BCUT2D eigenvalue weighted by Gasteiger charge is -2.48. The lowest BCUT2D eigenvalue weighted by atomic mass is 9.89. The number of aromatic nitrogens is 3. The van der Waals surface area contributed by atoms with Gasteiger partial charge in [0.15, 0.2) is 0 Å². The van der Waals surface area contributed by atoms with Crippen molar-refractivity contribution in [2.75, 3.05) is 37.7 Å². The van der Waals surface area contributed by atoms with Gasteiger partial charge in [-0.05, 0) is 45.7 Å². The molecule has 2 fully saturated rings. The molecule has 0 aliphatic carbocycles. The molecule has 146 valence electrons. The quantitative estimate of drug-likeness (QED) is 0.832. The Bertz CT molecular complexity index is 787. The number of morpholine rings is 1. The predicted octanol–water partition coefficient (Wildman–Crippen LogP) is 2.61. The summed E-state index contributed by atoms with van der Waals surface area (Å²) in [7, 11) is 2.01. The molecule has 2 aliphatic heterocycles. The van der Waals surface area contributed by atoms with Crippen LogP contribution in [0.2, 0.25) is 0 Å². The first-order valence-electron chi connectivity index (χ1n) is 9.98. The van der Waals surface area contributed by atoms with Crippen molar-refractivity contribution < 1.29 is 4.74 Å². The summed E-state index contributed by atoms with van der Waals surface area (Å²) in [5.41, 5.74) is 6.08. The number of hydrogen-bond acceptors (Lipinski definition) is 5. The monoisotopic (exact) mass is 369 g/mol. The fourth-order valence-electron chi connectivity index (χ4n) is 4.47. The molecule has 1 spiro atoms. The molecule has 0 bridgehead atoms. The van der Waals surface area contributed by atoms with E-state index in [4.69, 9.17) is 4.74 Å². The third-order valence-corrected chi connectivity index (χ3v) is 6.16. The molecule has 6 nitrogen and oxygen atoms in total. The fourth-order valence-corrected chi connectivity index (χ4v) is 4.47. The predicted molar refractivity (Wildman–Crippen MR) is 107 cm³/mol.